The first-order valence-corrected chi connectivity index (χ1v) is 7.78. The number of non-ortho nitro benzene ring substituents is 1. The Morgan fingerprint density at radius 1 is 1.42 bits per heavy atom. The number of carbonyl (C=O) groups is 2. The van der Waals surface area contributed by atoms with Gasteiger partial charge in [-0.3, -0.25) is 14.9 Å². The number of nitro groups is 1. The second kappa shape index (κ2) is 8.39. The molecular formula is C16H20N2O6. The fourth-order valence-electron chi connectivity index (χ4n) is 2.52. The Kier molecular flexibility index (Phi) is 6.25. The van der Waals surface area contributed by atoms with Gasteiger partial charge < -0.3 is 14.8 Å². The highest BCUT2D eigenvalue weighted by molar-refractivity contribution is 5.98. The lowest BCUT2D eigenvalue weighted by Gasteiger charge is -2.21. The Morgan fingerprint density at radius 2 is 2.21 bits per heavy atom. The average molecular weight is 336 g/mol. The van der Waals surface area contributed by atoms with Crippen molar-refractivity contribution in [3.8, 4) is 0 Å². The monoisotopic (exact) mass is 336 g/mol. The van der Waals surface area contributed by atoms with E-state index in [1.54, 1.807) is 7.11 Å². The number of Topliss-reactive ketones (excluding diaryl/α,β-unsaturated/α-hetero) is 1. The molecule has 8 heteroatoms. The number of esters is 1. The third kappa shape index (κ3) is 4.51. The van der Waals surface area contributed by atoms with E-state index >= 15 is 0 Å². The zero-order valence-corrected chi connectivity index (χ0v) is 13.4. The van der Waals surface area contributed by atoms with Crippen LogP contribution < -0.4 is 5.32 Å². The van der Waals surface area contributed by atoms with Crippen LogP contribution in [0.15, 0.2) is 18.2 Å². The van der Waals surface area contributed by atoms with Crippen molar-refractivity contribution in [2.75, 3.05) is 25.6 Å². The van der Waals surface area contributed by atoms with E-state index in [1.807, 2.05) is 0 Å². The molecular weight excluding hydrogens is 316 g/mol. The highest BCUT2D eigenvalue weighted by atomic mass is 16.6. The van der Waals surface area contributed by atoms with Gasteiger partial charge in [-0.1, -0.05) is 0 Å². The van der Waals surface area contributed by atoms with E-state index in [2.05, 4.69) is 5.32 Å². The van der Waals surface area contributed by atoms with Crippen molar-refractivity contribution in [3.05, 3.63) is 33.9 Å². The van der Waals surface area contributed by atoms with Crippen LogP contribution in [0.3, 0.4) is 0 Å². The molecule has 0 unspecified atom stereocenters. The van der Waals surface area contributed by atoms with Gasteiger partial charge in [-0.05, 0) is 25.3 Å². The van der Waals surface area contributed by atoms with Gasteiger partial charge in [-0.15, -0.1) is 0 Å². The van der Waals surface area contributed by atoms with Gasteiger partial charge in [0.15, 0.2) is 11.9 Å². The molecule has 24 heavy (non-hydrogen) atoms. The minimum absolute atomic E-state index is 0.0404. The van der Waals surface area contributed by atoms with E-state index in [1.165, 1.54) is 12.1 Å². The molecule has 1 fully saturated rings. The molecule has 2 rings (SSSR count). The first-order valence-electron chi connectivity index (χ1n) is 7.78. The summed E-state index contributed by atoms with van der Waals surface area (Å²) in [4.78, 5) is 34.6. The summed E-state index contributed by atoms with van der Waals surface area (Å²) in [6.07, 6.45) is 1.74. The highest BCUT2D eigenvalue weighted by Gasteiger charge is 2.28. The van der Waals surface area contributed by atoms with Gasteiger partial charge >= 0.3 is 5.97 Å². The molecule has 1 N–H and O–H groups in total. The predicted octanol–water partition coefficient (Wildman–Crippen LogP) is 2.32. The van der Waals surface area contributed by atoms with E-state index in [0.29, 0.717) is 31.7 Å². The normalized spacial score (nSPS) is 17.4. The van der Waals surface area contributed by atoms with Crippen molar-refractivity contribution in [1.82, 2.24) is 0 Å². The quantitative estimate of drug-likeness (QED) is 0.352. The van der Waals surface area contributed by atoms with Crippen molar-refractivity contribution >= 4 is 23.1 Å². The summed E-state index contributed by atoms with van der Waals surface area (Å²) in [7, 11) is 1.54. The number of hydrogen-bond acceptors (Lipinski definition) is 7. The lowest BCUT2D eigenvalue weighted by molar-refractivity contribution is -0.384. The molecule has 1 saturated carbocycles. The largest absolute Gasteiger partial charge is 0.451 e. The van der Waals surface area contributed by atoms with Crippen LogP contribution in [0.4, 0.5) is 11.4 Å². The third-order valence-electron chi connectivity index (χ3n) is 3.80. The Morgan fingerprint density at radius 3 is 2.88 bits per heavy atom. The number of nitrogens with one attached hydrogen (secondary N) is 1. The zero-order valence-electron chi connectivity index (χ0n) is 13.4. The fourth-order valence-corrected chi connectivity index (χ4v) is 2.52. The summed E-state index contributed by atoms with van der Waals surface area (Å²) in [5, 5.41) is 13.9. The maximum atomic E-state index is 12.4. The number of rotatable bonds is 7. The summed E-state index contributed by atoms with van der Waals surface area (Å²) < 4.78 is 10.2. The number of anilines is 1. The molecule has 0 saturated heterocycles. The van der Waals surface area contributed by atoms with Crippen molar-refractivity contribution in [3.63, 3.8) is 0 Å². The van der Waals surface area contributed by atoms with Crippen molar-refractivity contribution in [2.24, 2.45) is 0 Å². The molecule has 1 aliphatic carbocycles. The van der Waals surface area contributed by atoms with Crippen LogP contribution in [0, 0.1) is 10.1 Å². The summed E-state index contributed by atoms with van der Waals surface area (Å²) >= 11 is 0. The first-order chi connectivity index (χ1) is 11.5. The Hall–Kier alpha value is -2.48. The summed E-state index contributed by atoms with van der Waals surface area (Å²) in [6.45, 7) is 0.837. The van der Waals surface area contributed by atoms with Gasteiger partial charge in [0.25, 0.3) is 5.69 Å². The molecule has 0 bridgehead atoms. The van der Waals surface area contributed by atoms with Crippen LogP contribution in [0.2, 0.25) is 0 Å². The van der Waals surface area contributed by atoms with Gasteiger partial charge in [0.2, 0.25) is 0 Å². The number of ketones is 1. The minimum atomic E-state index is -0.766. The average Bonchev–Trinajstić information content (AvgIpc) is 2.57. The van der Waals surface area contributed by atoms with Crippen molar-refractivity contribution < 1.29 is 24.0 Å². The number of methoxy groups -OCH3 is 1. The van der Waals surface area contributed by atoms with Gasteiger partial charge in [-0.2, -0.15) is 0 Å². The molecule has 0 aliphatic heterocycles. The van der Waals surface area contributed by atoms with E-state index in [-0.39, 0.29) is 17.0 Å². The molecule has 8 nitrogen and oxygen atoms in total. The van der Waals surface area contributed by atoms with E-state index in [9.17, 15) is 19.7 Å². The molecule has 0 amide bonds. The smallest absolute Gasteiger partial charge is 0.341 e. The number of ether oxygens (including phenoxy) is 2. The summed E-state index contributed by atoms with van der Waals surface area (Å²) in [5.74, 6) is -0.840. The van der Waals surface area contributed by atoms with E-state index in [4.69, 9.17) is 9.47 Å². The number of hydrogen-bond donors (Lipinski definition) is 1. The van der Waals surface area contributed by atoms with Crippen LogP contribution in [0.1, 0.15) is 36.0 Å². The molecule has 0 heterocycles. The van der Waals surface area contributed by atoms with Crippen LogP contribution in [0.25, 0.3) is 0 Å². The van der Waals surface area contributed by atoms with Gasteiger partial charge in [0.1, 0.15) is 0 Å². The van der Waals surface area contributed by atoms with Gasteiger partial charge in [0, 0.05) is 37.9 Å². The molecule has 0 spiro atoms. The molecule has 130 valence electrons. The molecule has 1 aliphatic rings. The second-order valence-electron chi connectivity index (χ2n) is 5.51. The number of nitrogens with zero attached hydrogens (tertiary/aromatic N) is 1. The minimum Gasteiger partial charge on any atom is -0.451 e. The topological polar surface area (TPSA) is 108 Å². The van der Waals surface area contributed by atoms with Crippen LogP contribution >= 0.6 is 0 Å². The molecule has 1 atom stereocenters. The van der Waals surface area contributed by atoms with Gasteiger partial charge in [-0.25, -0.2) is 4.79 Å². The molecule has 0 aromatic heterocycles. The van der Waals surface area contributed by atoms with E-state index < -0.39 is 17.0 Å². The van der Waals surface area contributed by atoms with Crippen LogP contribution in [-0.2, 0) is 14.3 Å². The highest BCUT2D eigenvalue weighted by Crippen LogP contribution is 2.25. The lowest BCUT2D eigenvalue weighted by atomic mass is 9.96. The number of nitro benzene ring substituents is 1. The third-order valence-corrected chi connectivity index (χ3v) is 3.80. The molecule has 0 radical (unpaired) electrons. The fraction of sp³-hybridized carbons (Fsp3) is 0.500. The van der Waals surface area contributed by atoms with Crippen molar-refractivity contribution in [1.29, 1.82) is 0 Å². The maximum absolute atomic E-state index is 12.4. The summed E-state index contributed by atoms with van der Waals surface area (Å²) in [5.41, 5.74) is 0.235. The zero-order chi connectivity index (χ0) is 17.5. The molecule has 1 aromatic rings. The lowest BCUT2D eigenvalue weighted by Crippen LogP contribution is -2.30. The summed E-state index contributed by atoms with van der Waals surface area (Å²) in [6, 6.07) is 3.91. The number of carbonyl (C=O) groups excluding carboxylic acids is 2. The SMILES string of the molecule is COCCNc1ccc([N+](=O)[O-])cc1C(=O)O[C@@H]1CCCCC1=O. The van der Waals surface area contributed by atoms with Crippen LogP contribution in [0.5, 0.6) is 0 Å². The standard InChI is InChI=1S/C16H20N2O6/c1-23-9-8-17-13-7-6-11(18(21)22)10-12(13)16(20)24-15-5-3-2-4-14(15)19/h6-7,10,15,17H,2-5,8-9H2,1H3/t15-/m1/s1. The second-order valence-corrected chi connectivity index (χ2v) is 5.51. The van der Waals surface area contributed by atoms with E-state index in [0.717, 1.165) is 18.9 Å². The van der Waals surface area contributed by atoms with Gasteiger partial charge in [0.05, 0.1) is 17.1 Å². The first kappa shape index (κ1) is 17.9. The number of benzene rings is 1. The van der Waals surface area contributed by atoms with Crippen molar-refractivity contribution in [2.45, 2.75) is 31.8 Å². The Bertz CT molecular complexity index is 631. The maximum Gasteiger partial charge on any atom is 0.341 e. The predicted molar refractivity (Wildman–Crippen MR) is 86.1 cm³/mol. The van der Waals surface area contributed by atoms with Crippen LogP contribution in [-0.4, -0.2) is 43.0 Å². The Labute approximate surface area is 139 Å². The Balaban J connectivity index is 2.20. The molecule has 1 aromatic carbocycles.